The van der Waals surface area contributed by atoms with Crippen molar-refractivity contribution in [3.63, 3.8) is 0 Å². The van der Waals surface area contributed by atoms with E-state index in [1.807, 2.05) is 11.4 Å². The van der Waals surface area contributed by atoms with Gasteiger partial charge in [0, 0.05) is 11.4 Å². The first-order valence-corrected chi connectivity index (χ1v) is 9.25. The maximum Gasteiger partial charge on any atom is 0.312 e. The van der Waals surface area contributed by atoms with E-state index in [-0.39, 0.29) is 18.8 Å². The van der Waals surface area contributed by atoms with Gasteiger partial charge in [-0.1, -0.05) is 29.8 Å². The van der Waals surface area contributed by atoms with Crippen LogP contribution in [0.5, 0.6) is 0 Å². The number of ether oxygens (including phenoxy) is 1. The molecule has 138 valence electrons. The maximum absolute atomic E-state index is 12.0. The minimum atomic E-state index is -0.737. The zero-order valence-corrected chi connectivity index (χ0v) is 15.5. The molecule has 0 saturated carbocycles. The Bertz CT molecular complexity index is 747. The maximum atomic E-state index is 12.0. The van der Waals surface area contributed by atoms with Crippen molar-refractivity contribution < 1.29 is 19.1 Å². The first-order chi connectivity index (χ1) is 12.5. The third kappa shape index (κ3) is 6.50. The third-order valence-electron chi connectivity index (χ3n) is 3.57. The summed E-state index contributed by atoms with van der Waals surface area (Å²) in [7, 11) is 0. The molecular formula is C18H19ClN2O4S. The Morgan fingerprint density at radius 2 is 1.92 bits per heavy atom. The molecule has 0 spiro atoms. The van der Waals surface area contributed by atoms with E-state index in [0.717, 1.165) is 0 Å². The Morgan fingerprint density at radius 3 is 2.54 bits per heavy atom. The number of carbonyl (C=O) groups excluding carboxylic acids is 3. The summed E-state index contributed by atoms with van der Waals surface area (Å²) in [6, 6.07) is 8.98. The zero-order chi connectivity index (χ0) is 18.9. The molecule has 8 heteroatoms. The lowest BCUT2D eigenvalue weighted by molar-refractivity contribution is -0.144. The van der Waals surface area contributed by atoms with Crippen molar-refractivity contribution >= 4 is 40.7 Å². The van der Waals surface area contributed by atoms with Gasteiger partial charge in [0.2, 0.25) is 0 Å². The van der Waals surface area contributed by atoms with Crippen molar-refractivity contribution in [2.24, 2.45) is 5.73 Å². The number of carbonyl (C=O) groups is 3. The smallest absolute Gasteiger partial charge is 0.312 e. The molecule has 6 nitrogen and oxygen atoms in total. The molecule has 0 saturated heterocycles. The fraction of sp³-hybridized carbons (Fsp3) is 0.278. The van der Waals surface area contributed by atoms with E-state index in [2.05, 4.69) is 5.32 Å². The second-order valence-corrected chi connectivity index (χ2v) is 6.93. The van der Waals surface area contributed by atoms with Crippen molar-refractivity contribution in [1.29, 1.82) is 0 Å². The van der Waals surface area contributed by atoms with Crippen LogP contribution in [0, 0.1) is 0 Å². The average molecular weight is 395 g/mol. The molecule has 1 aromatic carbocycles. The minimum absolute atomic E-state index is 0.0329. The number of halogens is 1. The highest BCUT2D eigenvalue weighted by atomic mass is 35.5. The van der Waals surface area contributed by atoms with E-state index in [0.29, 0.717) is 28.3 Å². The quantitative estimate of drug-likeness (QED) is 0.384. The predicted molar refractivity (Wildman–Crippen MR) is 100 cm³/mol. The second-order valence-electron chi connectivity index (χ2n) is 5.54. The van der Waals surface area contributed by atoms with Gasteiger partial charge >= 0.3 is 12.0 Å². The van der Waals surface area contributed by atoms with Crippen LogP contribution in [-0.4, -0.2) is 24.4 Å². The molecule has 2 aromatic rings. The van der Waals surface area contributed by atoms with Crippen LogP contribution in [0.15, 0.2) is 41.8 Å². The number of ketones is 1. The first-order valence-electron chi connectivity index (χ1n) is 7.99. The van der Waals surface area contributed by atoms with Crippen molar-refractivity contribution in [2.75, 3.05) is 6.61 Å². The van der Waals surface area contributed by atoms with Gasteiger partial charge in [-0.25, -0.2) is 4.79 Å². The normalized spacial score (nSPS) is 11.6. The molecule has 26 heavy (non-hydrogen) atoms. The SMILES string of the molecule is NC(=O)N[C@@H](CC(=O)OCCCC(=O)c1cccs1)c1ccc(Cl)cc1. The number of amides is 2. The highest BCUT2D eigenvalue weighted by molar-refractivity contribution is 7.12. The third-order valence-corrected chi connectivity index (χ3v) is 4.73. The summed E-state index contributed by atoms with van der Waals surface area (Å²) in [5.74, 6) is -0.451. The molecule has 2 amide bonds. The monoisotopic (exact) mass is 394 g/mol. The molecule has 1 atom stereocenters. The second kappa shape index (κ2) is 9.94. The lowest BCUT2D eigenvalue weighted by Gasteiger charge is -2.17. The standard InChI is InChI=1S/C18H19ClN2O4S/c19-13-7-5-12(6-8-13)14(21-18(20)24)11-17(23)25-9-1-3-15(22)16-4-2-10-26-16/h2,4-8,10,14H,1,3,9,11H2,(H3,20,21,24)/t14-/m0/s1. The highest BCUT2D eigenvalue weighted by Crippen LogP contribution is 2.20. The zero-order valence-electron chi connectivity index (χ0n) is 13.9. The number of rotatable bonds is 9. The molecule has 1 aromatic heterocycles. The number of nitrogens with two attached hydrogens (primary N) is 1. The van der Waals surface area contributed by atoms with Gasteiger partial charge in [0.1, 0.15) is 0 Å². The van der Waals surface area contributed by atoms with Crippen molar-refractivity contribution in [3.8, 4) is 0 Å². The van der Waals surface area contributed by atoms with Crippen molar-refractivity contribution in [3.05, 3.63) is 57.2 Å². The van der Waals surface area contributed by atoms with Gasteiger partial charge in [0.15, 0.2) is 5.78 Å². The van der Waals surface area contributed by atoms with Gasteiger partial charge in [-0.2, -0.15) is 0 Å². The van der Waals surface area contributed by atoms with Crippen LogP contribution >= 0.6 is 22.9 Å². The Kier molecular flexibility index (Phi) is 7.62. The number of hydrogen-bond acceptors (Lipinski definition) is 5. The van der Waals surface area contributed by atoms with E-state index in [1.54, 1.807) is 30.3 Å². The highest BCUT2D eigenvalue weighted by Gasteiger charge is 2.18. The molecule has 0 fully saturated rings. The fourth-order valence-corrected chi connectivity index (χ4v) is 3.14. The molecule has 1 heterocycles. The summed E-state index contributed by atoms with van der Waals surface area (Å²) in [5.41, 5.74) is 5.87. The van der Waals surface area contributed by atoms with Crippen LogP contribution in [0.1, 0.15) is 40.5 Å². The van der Waals surface area contributed by atoms with Gasteiger partial charge < -0.3 is 15.8 Å². The number of urea groups is 1. The summed E-state index contributed by atoms with van der Waals surface area (Å²) in [4.78, 5) is 35.8. The van der Waals surface area contributed by atoms with Crippen LogP contribution in [0.25, 0.3) is 0 Å². The van der Waals surface area contributed by atoms with E-state index in [4.69, 9.17) is 22.1 Å². The van der Waals surface area contributed by atoms with Gasteiger partial charge in [-0.05, 0) is 35.6 Å². The molecule has 0 unspecified atom stereocenters. The van der Waals surface area contributed by atoms with Crippen LogP contribution in [-0.2, 0) is 9.53 Å². The Balaban J connectivity index is 1.80. The molecule has 0 bridgehead atoms. The molecule has 0 aliphatic rings. The lowest BCUT2D eigenvalue weighted by Crippen LogP contribution is -2.34. The topological polar surface area (TPSA) is 98.5 Å². The number of thiophene rings is 1. The van der Waals surface area contributed by atoms with Crippen LogP contribution in [0.3, 0.4) is 0 Å². The minimum Gasteiger partial charge on any atom is -0.466 e. The number of primary amides is 1. The molecule has 0 aliphatic carbocycles. The van der Waals surface area contributed by atoms with Crippen molar-refractivity contribution in [2.45, 2.75) is 25.3 Å². The molecule has 3 N–H and O–H groups in total. The molecule has 2 rings (SSSR count). The van der Waals surface area contributed by atoms with Gasteiger partial charge in [0.25, 0.3) is 0 Å². The summed E-state index contributed by atoms with van der Waals surface area (Å²) < 4.78 is 5.16. The van der Waals surface area contributed by atoms with Crippen LogP contribution < -0.4 is 11.1 Å². The summed E-state index contributed by atoms with van der Waals surface area (Å²) in [5, 5.41) is 4.90. The molecule has 0 aliphatic heterocycles. The van der Waals surface area contributed by atoms with Crippen LogP contribution in [0.4, 0.5) is 4.79 Å². The molecule has 0 radical (unpaired) electrons. The summed E-state index contributed by atoms with van der Waals surface area (Å²) >= 11 is 7.23. The fourth-order valence-electron chi connectivity index (χ4n) is 2.32. The van der Waals surface area contributed by atoms with E-state index in [9.17, 15) is 14.4 Å². The van der Waals surface area contributed by atoms with E-state index in [1.165, 1.54) is 11.3 Å². The first kappa shape index (κ1) is 19.9. The van der Waals surface area contributed by atoms with Crippen LogP contribution in [0.2, 0.25) is 5.02 Å². The van der Waals surface area contributed by atoms with Gasteiger partial charge in [-0.15, -0.1) is 11.3 Å². The number of benzene rings is 1. The Labute approximate surface area is 160 Å². The lowest BCUT2D eigenvalue weighted by atomic mass is 10.0. The number of esters is 1. The molecular weight excluding hydrogens is 376 g/mol. The summed E-state index contributed by atoms with van der Waals surface area (Å²) in [6.45, 7) is 0.139. The Hall–Kier alpha value is -2.38. The van der Waals surface area contributed by atoms with Gasteiger partial charge in [0.05, 0.1) is 23.9 Å². The predicted octanol–water partition coefficient (Wildman–Crippen LogP) is 3.71. The van der Waals surface area contributed by atoms with Crippen molar-refractivity contribution in [1.82, 2.24) is 5.32 Å². The number of nitrogens with one attached hydrogen (secondary N) is 1. The Morgan fingerprint density at radius 1 is 1.19 bits per heavy atom. The average Bonchev–Trinajstić information content (AvgIpc) is 3.13. The number of Topliss-reactive ketones (excluding diaryl/α,β-unsaturated/α-hetero) is 1. The van der Waals surface area contributed by atoms with Gasteiger partial charge in [-0.3, -0.25) is 9.59 Å². The largest absolute Gasteiger partial charge is 0.466 e. The summed E-state index contributed by atoms with van der Waals surface area (Å²) in [6.07, 6.45) is 0.689. The van der Waals surface area contributed by atoms with E-state index >= 15 is 0 Å². The van der Waals surface area contributed by atoms with E-state index < -0.39 is 18.0 Å². The number of hydrogen-bond donors (Lipinski definition) is 2.